The molecule has 0 bridgehead atoms. The fourth-order valence-corrected chi connectivity index (χ4v) is 4.99. The second kappa shape index (κ2) is 8.33. The van der Waals surface area contributed by atoms with Crippen LogP contribution < -0.4 is 14.8 Å². The molecule has 5 rings (SSSR count). The zero-order chi connectivity index (χ0) is 20.3. The first kappa shape index (κ1) is 18.9. The first-order valence-electron chi connectivity index (χ1n) is 9.38. The number of anilines is 1. The monoisotopic (exact) mass is 435 g/mol. The maximum atomic E-state index is 12.5. The Labute approximate surface area is 181 Å². The van der Waals surface area contributed by atoms with E-state index < -0.39 is 0 Å². The number of thiophene rings is 1. The Morgan fingerprint density at radius 3 is 2.73 bits per heavy atom. The number of hydrogen-bond acceptors (Lipinski definition) is 7. The number of hydrogen-bond donors (Lipinski definition) is 1. The largest absolute Gasteiger partial charge is 0.486 e. The molecular formula is C22H17N3O3S2. The summed E-state index contributed by atoms with van der Waals surface area (Å²) in [5.74, 6) is 1.48. The molecule has 4 aromatic rings. The standard InChI is InChI=1S/C22H17N3O3S2/c26-20(25-15-6-7-17-18(10-15)28-9-8-27-17)12-29-21-16-11-19(14-4-2-1-3-5-14)30-22(16)24-13-23-21/h1-7,10-11,13H,8-9,12H2,(H,25,26). The van der Waals surface area contributed by atoms with Crippen LogP contribution in [0.1, 0.15) is 0 Å². The number of carbonyl (C=O) groups is 1. The smallest absolute Gasteiger partial charge is 0.234 e. The number of thioether (sulfide) groups is 1. The van der Waals surface area contributed by atoms with Crippen molar-refractivity contribution in [1.82, 2.24) is 9.97 Å². The lowest BCUT2D eigenvalue weighted by Crippen LogP contribution is -2.17. The van der Waals surface area contributed by atoms with Crippen molar-refractivity contribution in [2.75, 3.05) is 24.3 Å². The quantitative estimate of drug-likeness (QED) is 0.356. The summed E-state index contributed by atoms with van der Waals surface area (Å²) in [6.45, 7) is 1.05. The van der Waals surface area contributed by atoms with Crippen LogP contribution in [-0.2, 0) is 4.79 Å². The minimum absolute atomic E-state index is 0.109. The Bertz CT molecular complexity index is 1210. The Kier molecular flexibility index (Phi) is 5.25. The molecule has 2 aromatic carbocycles. The molecule has 6 nitrogen and oxygen atoms in total. The van der Waals surface area contributed by atoms with Gasteiger partial charge >= 0.3 is 0 Å². The van der Waals surface area contributed by atoms with Gasteiger partial charge in [0.1, 0.15) is 29.4 Å². The number of carbonyl (C=O) groups excluding carboxylic acids is 1. The molecule has 0 saturated carbocycles. The van der Waals surface area contributed by atoms with Crippen molar-refractivity contribution in [2.24, 2.45) is 0 Å². The molecule has 0 unspecified atom stereocenters. The lowest BCUT2D eigenvalue weighted by molar-refractivity contribution is -0.113. The molecule has 150 valence electrons. The third-order valence-corrected chi connectivity index (χ3v) is 6.61. The zero-order valence-corrected chi connectivity index (χ0v) is 17.5. The lowest BCUT2D eigenvalue weighted by atomic mass is 10.2. The summed E-state index contributed by atoms with van der Waals surface area (Å²) in [5.41, 5.74) is 1.83. The third-order valence-electron chi connectivity index (χ3n) is 4.52. The van der Waals surface area contributed by atoms with Crippen LogP contribution >= 0.6 is 23.1 Å². The summed E-state index contributed by atoms with van der Waals surface area (Å²) in [4.78, 5) is 23.3. The Morgan fingerprint density at radius 2 is 1.87 bits per heavy atom. The van der Waals surface area contributed by atoms with Gasteiger partial charge in [-0.15, -0.1) is 11.3 Å². The van der Waals surface area contributed by atoms with Gasteiger partial charge in [0, 0.05) is 22.0 Å². The predicted octanol–water partition coefficient (Wildman–Crippen LogP) is 4.86. The number of rotatable bonds is 5. The Morgan fingerprint density at radius 1 is 1.03 bits per heavy atom. The fourth-order valence-electron chi connectivity index (χ4n) is 3.15. The van der Waals surface area contributed by atoms with Crippen molar-refractivity contribution in [1.29, 1.82) is 0 Å². The van der Waals surface area contributed by atoms with Crippen LogP contribution in [0.4, 0.5) is 5.69 Å². The normalized spacial score (nSPS) is 12.7. The van der Waals surface area contributed by atoms with Gasteiger partial charge in [-0.2, -0.15) is 0 Å². The third kappa shape index (κ3) is 3.96. The Hall–Kier alpha value is -3.10. The topological polar surface area (TPSA) is 73.3 Å². The second-order valence-corrected chi connectivity index (χ2v) is 8.56. The molecule has 1 aliphatic heterocycles. The SMILES string of the molecule is O=C(CSc1ncnc2sc(-c3ccccc3)cc12)Nc1ccc2c(c1)OCCO2. The van der Waals surface area contributed by atoms with Gasteiger partial charge < -0.3 is 14.8 Å². The molecule has 3 heterocycles. The van der Waals surface area contributed by atoms with Crippen molar-refractivity contribution in [3.63, 3.8) is 0 Å². The fraction of sp³-hybridized carbons (Fsp3) is 0.136. The molecule has 30 heavy (non-hydrogen) atoms. The van der Waals surface area contributed by atoms with E-state index in [1.165, 1.54) is 11.8 Å². The van der Waals surface area contributed by atoms with Crippen molar-refractivity contribution in [3.05, 3.63) is 60.9 Å². The lowest BCUT2D eigenvalue weighted by Gasteiger charge is -2.19. The van der Waals surface area contributed by atoms with Gasteiger partial charge in [-0.25, -0.2) is 9.97 Å². The zero-order valence-electron chi connectivity index (χ0n) is 15.8. The summed E-state index contributed by atoms with van der Waals surface area (Å²) >= 11 is 3.03. The number of nitrogens with one attached hydrogen (secondary N) is 1. The summed E-state index contributed by atoms with van der Waals surface area (Å²) in [6, 6.07) is 17.7. The molecule has 2 aromatic heterocycles. The average molecular weight is 436 g/mol. The number of nitrogens with zero attached hydrogens (tertiary/aromatic N) is 2. The van der Waals surface area contributed by atoms with Crippen LogP contribution in [0.2, 0.25) is 0 Å². The number of amides is 1. The molecule has 0 radical (unpaired) electrons. The van der Waals surface area contributed by atoms with Crippen LogP contribution in [-0.4, -0.2) is 34.8 Å². The van der Waals surface area contributed by atoms with E-state index >= 15 is 0 Å². The van der Waals surface area contributed by atoms with E-state index in [1.54, 1.807) is 23.7 Å². The maximum absolute atomic E-state index is 12.5. The van der Waals surface area contributed by atoms with E-state index in [2.05, 4.69) is 33.5 Å². The molecule has 0 atom stereocenters. The van der Waals surface area contributed by atoms with E-state index in [-0.39, 0.29) is 11.7 Å². The summed E-state index contributed by atoms with van der Waals surface area (Å²) in [5, 5.41) is 4.68. The number of benzene rings is 2. The molecule has 0 aliphatic carbocycles. The average Bonchev–Trinajstić information content (AvgIpc) is 3.23. The molecule has 0 spiro atoms. The number of aromatic nitrogens is 2. The highest BCUT2D eigenvalue weighted by Crippen LogP contribution is 2.36. The van der Waals surface area contributed by atoms with E-state index in [9.17, 15) is 4.79 Å². The number of fused-ring (bicyclic) bond motifs is 2. The highest BCUT2D eigenvalue weighted by molar-refractivity contribution is 8.00. The highest BCUT2D eigenvalue weighted by atomic mass is 32.2. The summed E-state index contributed by atoms with van der Waals surface area (Å²) in [6.07, 6.45) is 1.55. The molecule has 1 N–H and O–H groups in total. The van der Waals surface area contributed by atoms with Crippen LogP contribution in [0.25, 0.3) is 20.7 Å². The first-order valence-corrected chi connectivity index (χ1v) is 11.2. The molecular weight excluding hydrogens is 418 g/mol. The first-order chi connectivity index (χ1) is 14.8. The molecule has 0 saturated heterocycles. The Balaban J connectivity index is 1.29. The minimum atomic E-state index is -0.109. The predicted molar refractivity (Wildman–Crippen MR) is 120 cm³/mol. The molecule has 1 amide bonds. The maximum Gasteiger partial charge on any atom is 0.234 e. The van der Waals surface area contributed by atoms with Gasteiger partial charge in [0.05, 0.1) is 5.75 Å². The van der Waals surface area contributed by atoms with E-state index in [0.29, 0.717) is 30.4 Å². The van der Waals surface area contributed by atoms with Gasteiger partial charge in [-0.3, -0.25) is 4.79 Å². The molecule has 1 aliphatic rings. The molecule has 8 heteroatoms. The van der Waals surface area contributed by atoms with Gasteiger partial charge in [0.25, 0.3) is 0 Å². The van der Waals surface area contributed by atoms with E-state index in [0.717, 1.165) is 25.7 Å². The minimum Gasteiger partial charge on any atom is -0.486 e. The van der Waals surface area contributed by atoms with Crippen LogP contribution in [0.3, 0.4) is 0 Å². The van der Waals surface area contributed by atoms with Crippen LogP contribution in [0, 0.1) is 0 Å². The number of ether oxygens (including phenoxy) is 2. The summed E-state index contributed by atoms with van der Waals surface area (Å²) in [7, 11) is 0. The second-order valence-electron chi connectivity index (χ2n) is 6.57. The molecule has 0 fully saturated rings. The van der Waals surface area contributed by atoms with Gasteiger partial charge in [0.2, 0.25) is 5.91 Å². The van der Waals surface area contributed by atoms with Crippen molar-refractivity contribution in [3.8, 4) is 21.9 Å². The van der Waals surface area contributed by atoms with Gasteiger partial charge in [-0.05, 0) is 23.8 Å². The van der Waals surface area contributed by atoms with Crippen molar-refractivity contribution >= 4 is 44.9 Å². The van der Waals surface area contributed by atoms with Crippen molar-refractivity contribution in [2.45, 2.75) is 5.03 Å². The van der Waals surface area contributed by atoms with Crippen LogP contribution in [0.5, 0.6) is 11.5 Å². The van der Waals surface area contributed by atoms with Gasteiger partial charge in [-0.1, -0.05) is 42.1 Å². The van der Waals surface area contributed by atoms with Crippen LogP contribution in [0.15, 0.2) is 66.0 Å². The van der Waals surface area contributed by atoms with E-state index in [1.807, 2.05) is 30.3 Å². The summed E-state index contributed by atoms with van der Waals surface area (Å²) < 4.78 is 11.1. The van der Waals surface area contributed by atoms with E-state index in [4.69, 9.17) is 9.47 Å². The highest BCUT2D eigenvalue weighted by Gasteiger charge is 2.15. The van der Waals surface area contributed by atoms with Gasteiger partial charge in [0.15, 0.2) is 11.5 Å². The van der Waals surface area contributed by atoms with Crippen molar-refractivity contribution < 1.29 is 14.3 Å².